The van der Waals surface area contributed by atoms with Gasteiger partial charge in [-0.2, -0.15) is 0 Å². The van der Waals surface area contributed by atoms with Gasteiger partial charge in [0.1, 0.15) is 12.0 Å². The number of rotatable bonds is 6. The van der Waals surface area contributed by atoms with Crippen molar-refractivity contribution in [2.24, 2.45) is 17.6 Å². The van der Waals surface area contributed by atoms with Crippen molar-refractivity contribution in [3.8, 4) is 0 Å². The SMILES string of the molecule is CC(C)C1=CC=C(CN2CCN(c3ccc(CN)cc3)CC2)C(C=O)C(O)=C1. The summed E-state index contributed by atoms with van der Waals surface area (Å²) >= 11 is 0. The molecule has 3 rings (SSSR count). The molecule has 1 heterocycles. The molecule has 5 heteroatoms. The second-order valence-electron chi connectivity index (χ2n) is 7.88. The van der Waals surface area contributed by atoms with E-state index in [0.717, 1.165) is 49.2 Å². The van der Waals surface area contributed by atoms with Crippen LogP contribution in [0.4, 0.5) is 5.69 Å². The first-order valence-corrected chi connectivity index (χ1v) is 10.0. The largest absolute Gasteiger partial charge is 0.511 e. The van der Waals surface area contributed by atoms with Gasteiger partial charge in [-0.3, -0.25) is 4.90 Å². The number of benzene rings is 1. The number of nitrogens with zero attached hydrogens (tertiary/aromatic N) is 2. The molecule has 1 fully saturated rings. The molecule has 1 aromatic carbocycles. The van der Waals surface area contributed by atoms with Gasteiger partial charge in [0.25, 0.3) is 0 Å². The number of aliphatic hydroxyl groups is 1. The quantitative estimate of drug-likeness (QED) is 0.741. The summed E-state index contributed by atoms with van der Waals surface area (Å²) in [6.45, 7) is 9.16. The maximum atomic E-state index is 11.6. The summed E-state index contributed by atoms with van der Waals surface area (Å²) in [7, 11) is 0. The van der Waals surface area contributed by atoms with Gasteiger partial charge < -0.3 is 20.5 Å². The van der Waals surface area contributed by atoms with Gasteiger partial charge in [0.05, 0.1) is 5.92 Å². The van der Waals surface area contributed by atoms with Crippen molar-refractivity contribution in [3.63, 3.8) is 0 Å². The molecule has 0 bridgehead atoms. The fraction of sp³-hybridized carbons (Fsp3) is 0.435. The molecule has 28 heavy (non-hydrogen) atoms. The summed E-state index contributed by atoms with van der Waals surface area (Å²) in [4.78, 5) is 16.4. The Morgan fingerprint density at radius 3 is 2.39 bits per heavy atom. The van der Waals surface area contributed by atoms with E-state index in [1.807, 2.05) is 12.2 Å². The van der Waals surface area contributed by atoms with Crippen molar-refractivity contribution in [3.05, 3.63) is 65.0 Å². The molecule has 1 aromatic rings. The molecule has 2 aliphatic rings. The van der Waals surface area contributed by atoms with Crippen LogP contribution in [0.25, 0.3) is 0 Å². The first-order chi connectivity index (χ1) is 13.5. The van der Waals surface area contributed by atoms with E-state index in [-0.39, 0.29) is 5.76 Å². The zero-order chi connectivity index (χ0) is 20.1. The molecule has 150 valence electrons. The first kappa shape index (κ1) is 20.4. The Kier molecular flexibility index (Phi) is 6.70. The molecule has 1 atom stereocenters. The Morgan fingerprint density at radius 2 is 1.82 bits per heavy atom. The minimum absolute atomic E-state index is 0.150. The molecule has 5 nitrogen and oxygen atoms in total. The van der Waals surface area contributed by atoms with Crippen molar-refractivity contribution < 1.29 is 9.90 Å². The van der Waals surface area contributed by atoms with Gasteiger partial charge in [-0.25, -0.2) is 0 Å². The zero-order valence-electron chi connectivity index (χ0n) is 16.8. The number of piperazine rings is 1. The Hall–Kier alpha value is -2.37. The molecule has 1 aliphatic carbocycles. The predicted molar refractivity (Wildman–Crippen MR) is 114 cm³/mol. The Bertz CT molecular complexity index is 770. The molecule has 0 amide bonds. The molecule has 0 aromatic heterocycles. The van der Waals surface area contributed by atoms with Crippen LogP contribution in [0.5, 0.6) is 0 Å². The molecule has 1 aliphatic heterocycles. The fourth-order valence-electron chi connectivity index (χ4n) is 3.74. The minimum atomic E-state index is -0.547. The predicted octanol–water partition coefficient (Wildman–Crippen LogP) is 3.05. The Morgan fingerprint density at radius 1 is 1.14 bits per heavy atom. The highest BCUT2D eigenvalue weighted by atomic mass is 16.3. The average Bonchev–Trinajstić information content (AvgIpc) is 2.87. The van der Waals surface area contributed by atoms with E-state index < -0.39 is 5.92 Å². The van der Waals surface area contributed by atoms with Crippen LogP contribution in [-0.4, -0.2) is 49.0 Å². The molecule has 1 unspecified atom stereocenters. The molecule has 3 N–H and O–H groups in total. The number of hydrogen-bond donors (Lipinski definition) is 2. The summed E-state index contributed by atoms with van der Waals surface area (Å²) in [5.41, 5.74) is 10.0. The van der Waals surface area contributed by atoms with Crippen LogP contribution in [0.1, 0.15) is 19.4 Å². The van der Waals surface area contributed by atoms with Gasteiger partial charge >= 0.3 is 0 Å². The van der Waals surface area contributed by atoms with Crippen molar-refractivity contribution >= 4 is 12.0 Å². The van der Waals surface area contributed by atoms with Gasteiger partial charge in [-0.1, -0.05) is 38.1 Å². The lowest BCUT2D eigenvalue weighted by Crippen LogP contribution is -2.47. The van der Waals surface area contributed by atoms with E-state index in [0.29, 0.717) is 19.0 Å². The van der Waals surface area contributed by atoms with E-state index in [2.05, 4.69) is 47.9 Å². The van der Waals surface area contributed by atoms with Gasteiger partial charge in [0, 0.05) is 45.0 Å². The summed E-state index contributed by atoms with van der Waals surface area (Å²) in [5, 5.41) is 10.4. The highest BCUT2D eigenvalue weighted by Gasteiger charge is 2.25. The number of anilines is 1. The number of nitrogens with two attached hydrogens (primary N) is 1. The van der Waals surface area contributed by atoms with Crippen LogP contribution in [0.3, 0.4) is 0 Å². The number of allylic oxidation sites excluding steroid dienone is 5. The summed E-state index contributed by atoms with van der Waals surface area (Å²) in [6, 6.07) is 8.44. The highest BCUT2D eigenvalue weighted by molar-refractivity contribution is 5.65. The van der Waals surface area contributed by atoms with Crippen molar-refractivity contribution in [1.29, 1.82) is 0 Å². The first-order valence-electron chi connectivity index (χ1n) is 10.0. The van der Waals surface area contributed by atoms with Crippen molar-refractivity contribution in [2.75, 3.05) is 37.6 Å². The maximum Gasteiger partial charge on any atom is 0.134 e. The second kappa shape index (κ2) is 9.22. The normalized spacial score (nSPS) is 21.1. The monoisotopic (exact) mass is 381 g/mol. The lowest BCUT2D eigenvalue weighted by Gasteiger charge is -2.37. The smallest absolute Gasteiger partial charge is 0.134 e. The standard InChI is InChI=1S/C23H31N3O2/c1-17(2)19-5-6-20(22(16-27)23(28)13-19)15-25-9-11-26(12-10-25)21-7-3-18(14-24)4-8-21/h3-8,13,16-17,22,28H,9-12,14-15,24H2,1-2H3. The van der Waals surface area contributed by atoms with E-state index in [4.69, 9.17) is 5.73 Å². The third-order valence-corrected chi connectivity index (χ3v) is 5.64. The topological polar surface area (TPSA) is 69.8 Å². The average molecular weight is 382 g/mol. The van der Waals surface area contributed by atoms with E-state index in [9.17, 15) is 9.90 Å². The van der Waals surface area contributed by atoms with Gasteiger partial charge in [0.2, 0.25) is 0 Å². The number of carbonyl (C=O) groups is 1. The number of aldehydes is 1. The van der Waals surface area contributed by atoms with Crippen LogP contribution in [0.15, 0.2) is 59.4 Å². The van der Waals surface area contributed by atoms with Crippen molar-refractivity contribution in [2.45, 2.75) is 20.4 Å². The van der Waals surface area contributed by atoms with Crippen molar-refractivity contribution in [1.82, 2.24) is 4.90 Å². The number of carbonyl (C=O) groups excluding carboxylic acids is 1. The van der Waals surface area contributed by atoms with Crippen LogP contribution >= 0.6 is 0 Å². The lowest BCUT2D eigenvalue weighted by molar-refractivity contribution is -0.110. The summed E-state index contributed by atoms with van der Waals surface area (Å²) in [6.07, 6.45) is 6.65. The second-order valence-corrected chi connectivity index (χ2v) is 7.88. The van der Waals surface area contributed by atoms with Crippen LogP contribution in [0.2, 0.25) is 0 Å². The zero-order valence-corrected chi connectivity index (χ0v) is 16.8. The Balaban J connectivity index is 1.64. The number of aliphatic hydroxyl groups excluding tert-OH is 1. The van der Waals surface area contributed by atoms with Crippen LogP contribution < -0.4 is 10.6 Å². The van der Waals surface area contributed by atoms with Crippen LogP contribution in [0, 0.1) is 11.8 Å². The Labute approximate surface area is 167 Å². The van der Waals surface area contributed by atoms with E-state index in [1.165, 1.54) is 5.69 Å². The lowest BCUT2D eigenvalue weighted by atomic mass is 9.97. The van der Waals surface area contributed by atoms with E-state index in [1.54, 1.807) is 6.08 Å². The fourth-order valence-corrected chi connectivity index (χ4v) is 3.74. The third-order valence-electron chi connectivity index (χ3n) is 5.64. The van der Waals surface area contributed by atoms with E-state index >= 15 is 0 Å². The highest BCUT2D eigenvalue weighted by Crippen LogP contribution is 2.26. The van der Waals surface area contributed by atoms with Gasteiger partial charge in [0.15, 0.2) is 0 Å². The van der Waals surface area contributed by atoms with Crippen LogP contribution in [-0.2, 0) is 11.3 Å². The molecule has 0 spiro atoms. The molecular formula is C23H31N3O2. The summed E-state index contributed by atoms with van der Waals surface area (Å²) < 4.78 is 0. The molecular weight excluding hydrogens is 350 g/mol. The van der Waals surface area contributed by atoms with Gasteiger partial charge in [-0.15, -0.1) is 0 Å². The molecule has 0 radical (unpaired) electrons. The maximum absolute atomic E-state index is 11.6. The van der Waals surface area contributed by atoms with Gasteiger partial charge in [-0.05, 0) is 40.8 Å². The molecule has 1 saturated heterocycles. The molecule has 0 saturated carbocycles. The third kappa shape index (κ3) is 4.72. The number of hydrogen-bond acceptors (Lipinski definition) is 5. The summed E-state index contributed by atoms with van der Waals surface area (Å²) in [5.74, 6) is -0.0917. The minimum Gasteiger partial charge on any atom is -0.511 e.